The Hall–Kier alpha value is -2.30. The molecular formula is C24H39NO4. The van der Waals surface area contributed by atoms with E-state index in [-0.39, 0.29) is 11.9 Å². The van der Waals surface area contributed by atoms with Gasteiger partial charge >= 0.3 is 12.1 Å². The molecule has 3 aliphatic rings. The summed E-state index contributed by atoms with van der Waals surface area (Å²) in [4.78, 5) is 22.2. The number of benzene rings is 1. The normalized spacial score (nSPS) is 20.4. The van der Waals surface area contributed by atoms with Crippen LogP contribution < -0.4 is 5.32 Å². The van der Waals surface area contributed by atoms with Gasteiger partial charge in [0, 0.05) is 7.05 Å². The number of hydrogen-bond donors (Lipinski definition) is 1. The zero-order valence-electron chi connectivity index (χ0n) is 18.9. The van der Waals surface area contributed by atoms with Gasteiger partial charge in [-0.3, -0.25) is 4.79 Å². The summed E-state index contributed by atoms with van der Waals surface area (Å²) in [6, 6.07) is 9.54. The van der Waals surface area contributed by atoms with Gasteiger partial charge in [-0.25, -0.2) is 4.79 Å². The SMILES string of the molecule is CC.CC.CCOC(=O)[C@@H]1CC2C=CC1CC2.CNC(=O)OCc1ccccc1. The van der Waals surface area contributed by atoms with Crippen LogP contribution in [0.2, 0.25) is 0 Å². The van der Waals surface area contributed by atoms with Crippen LogP contribution in [0.1, 0.15) is 59.4 Å². The van der Waals surface area contributed by atoms with Crippen molar-refractivity contribution < 1.29 is 19.1 Å². The number of nitrogens with one attached hydrogen (secondary N) is 1. The summed E-state index contributed by atoms with van der Waals surface area (Å²) >= 11 is 0. The van der Waals surface area contributed by atoms with Crippen molar-refractivity contribution >= 4 is 12.1 Å². The molecule has 0 radical (unpaired) electrons. The van der Waals surface area contributed by atoms with Crippen LogP contribution in [0.5, 0.6) is 0 Å². The predicted molar refractivity (Wildman–Crippen MR) is 118 cm³/mol. The van der Waals surface area contributed by atoms with Crippen molar-refractivity contribution in [1.82, 2.24) is 5.32 Å². The van der Waals surface area contributed by atoms with E-state index < -0.39 is 6.09 Å². The first-order chi connectivity index (χ1) is 14.1. The molecule has 0 spiro atoms. The van der Waals surface area contributed by atoms with E-state index in [0.29, 0.717) is 25.0 Å². The summed E-state index contributed by atoms with van der Waals surface area (Å²) in [5.74, 6) is 1.27. The highest BCUT2D eigenvalue weighted by molar-refractivity contribution is 5.73. The highest BCUT2D eigenvalue weighted by atomic mass is 16.5. The van der Waals surface area contributed by atoms with Gasteiger partial charge in [-0.05, 0) is 43.6 Å². The van der Waals surface area contributed by atoms with Crippen molar-refractivity contribution in [1.29, 1.82) is 0 Å². The van der Waals surface area contributed by atoms with E-state index in [4.69, 9.17) is 9.47 Å². The number of ether oxygens (including phenoxy) is 2. The fourth-order valence-corrected chi connectivity index (χ4v) is 3.25. The summed E-state index contributed by atoms with van der Waals surface area (Å²) in [5.41, 5.74) is 0.987. The second kappa shape index (κ2) is 16.6. The molecule has 0 heterocycles. The standard InChI is InChI=1S/C11H16O2.C9H11NO2.2C2H6/c1-2-13-11(12)10-7-8-3-5-9(10)6-4-8;1-10-9(11)12-7-8-5-3-2-4-6-8;2*1-2/h3,5,8-10H,2,4,6-7H2,1H3;2-6H,7H2,1H3,(H,10,11);2*1-2H3/t8?,9?,10-;;;/m1.../s1. The van der Waals surface area contributed by atoms with E-state index in [0.717, 1.165) is 12.0 Å². The minimum Gasteiger partial charge on any atom is -0.466 e. The summed E-state index contributed by atoms with van der Waals surface area (Å²) in [6.45, 7) is 10.7. The van der Waals surface area contributed by atoms with Gasteiger partial charge in [-0.2, -0.15) is 0 Å². The molecule has 1 aromatic rings. The molecule has 29 heavy (non-hydrogen) atoms. The van der Waals surface area contributed by atoms with Gasteiger partial charge in [-0.1, -0.05) is 70.2 Å². The fraction of sp³-hybridized carbons (Fsp3) is 0.583. The third-order valence-electron chi connectivity index (χ3n) is 4.58. The molecule has 1 fully saturated rings. The molecule has 1 saturated carbocycles. The summed E-state index contributed by atoms with van der Waals surface area (Å²) in [7, 11) is 1.54. The van der Waals surface area contributed by atoms with Gasteiger partial charge in [0.2, 0.25) is 0 Å². The number of rotatable bonds is 4. The monoisotopic (exact) mass is 405 g/mol. The van der Waals surface area contributed by atoms with Gasteiger partial charge in [0.15, 0.2) is 0 Å². The third-order valence-corrected chi connectivity index (χ3v) is 4.58. The number of allylic oxidation sites excluding steroid dienone is 2. The lowest BCUT2D eigenvalue weighted by Gasteiger charge is -2.36. The molecule has 0 saturated heterocycles. The van der Waals surface area contributed by atoms with E-state index in [1.165, 1.54) is 19.9 Å². The zero-order chi connectivity index (χ0) is 22.1. The minimum atomic E-state index is -0.404. The number of fused-ring (bicyclic) bond motifs is 2. The highest BCUT2D eigenvalue weighted by Gasteiger charge is 2.36. The molecule has 5 nitrogen and oxygen atoms in total. The molecular weight excluding hydrogens is 366 g/mol. The average Bonchev–Trinajstić information content (AvgIpc) is 2.82. The number of amides is 1. The van der Waals surface area contributed by atoms with Crippen LogP contribution in [0.3, 0.4) is 0 Å². The number of alkyl carbamates (subject to hydrolysis) is 1. The molecule has 164 valence electrons. The van der Waals surface area contributed by atoms with Crippen LogP contribution in [0.15, 0.2) is 42.5 Å². The van der Waals surface area contributed by atoms with Gasteiger partial charge in [-0.15, -0.1) is 0 Å². The topological polar surface area (TPSA) is 64.6 Å². The van der Waals surface area contributed by atoms with Crippen LogP contribution in [-0.4, -0.2) is 25.7 Å². The molecule has 1 N–H and O–H groups in total. The van der Waals surface area contributed by atoms with Crippen molar-refractivity contribution in [2.75, 3.05) is 13.7 Å². The molecule has 3 aliphatic carbocycles. The molecule has 2 unspecified atom stereocenters. The Balaban J connectivity index is 0.000000463. The zero-order valence-corrected chi connectivity index (χ0v) is 18.9. The number of esters is 1. The second-order valence-electron chi connectivity index (χ2n) is 6.29. The molecule has 3 atom stereocenters. The Morgan fingerprint density at radius 1 is 1.00 bits per heavy atom. The maximum absolute atomic E-state index is 11.5. The molecule has 2 bridgehead atoms. The summed E-state index contributed by atoms with van der Waals surface area (Å²) in [6.07, 6.45) is 7.52. The van der Waals surface area contributed by atoms with E-state index in [1.54, 1.807) is 0 Å². The largest absolute Gasteiger partial charge is 0.466 e. The molecule has 4 rings (SSSR count). The molecule has 0 aromatic heterocycles. The van der Waals surface area contributed by atoms with Crippen LogP contribution >= 0.6 is 0 Å². The van der Waals surface area contributed by atoms with Crippen molar-refractivity contribution in [3.8, 4) is 0 Å². The average molecular weight is 406 g/mol. The third kappa shape index (κ3) is 10.2. The van der Waals surface area contributed by atoms with Crippen LogP contribution in [0, 0.1) is 17.8 Å². The Morgan fingerprint density at radius 3 is 2.10 bits per heavy atom. The summed E-state index contributed by atoms with van der Waals surface area (Å²) < 4.78 is 9.89. The van der Waals surface area contributed by atoms with Gasteiger partial charge in [0.25, 0.3) is 0 Å². The number of carbonyl (C=O) groups excluding carboxylic acids is 2. The maximum Gasteiger partial charge on any atom is 0.407 e. The smallest absolute Gasteiger partial charge is 0.407 e. The Morgan fingerprint density at radius 2 is 1.66 bits per heavy atom. The minimum absolute atomic E-state index is 0.0153. The van der Waals surface area contributed by atoms with Crippen molar-refractivity contribution in [2.45, 2.75) is 60.5 Å². The fourth-order valence-electron chi connectivity index (χ4n) is 3.25. The number of carbonyl (C=O) groups is 2. The first-order valence-electron chi connectivity index (χ1n) is 10.9. The highest BCUT2D eigenvalue weighted by Crippen LogP contribution is 2.40. The molecule has 0 aliphatic heterocycles. The van der Waals surface area contributed by atoms with E-state index in [1.807, 2.05) is 65.0 Å². The second-order valence-corrected chi connectivity index (χ2v) is 6.29. The lowest BCUT2D eigenvalue weighted by atomic mass is 9.69. The molecule has 1 amide bonds. The van der Waals surface area contributed by atoms with Gasteiger partial charge in [0.1, 0.15) is 6.61 Å². The van der Waals surface area contributed by atoms with E-state index in [9.17, 15) is 9.59 Å². The first kappa shape index (κ1) is 26.7. The summed E-state index contributed by atoms with van der Waals surface area (Å²) in [5, 5.41) is 2.37. The van der Waals surface area contributed by atoms with Crippen LogP contribution in [-0.2, 0) is 20.9 Å². The predicted octanol–water partition coefficient (Wildman–Crippen LogP) is 5.75. The Labute approximate surface area is 176 Å². The quantitative estimate of drug-likeness (QED) is 0.512. The van der Waals surface area contributed by atoms with Crippen molar-refractivity contribution in [2.24, 2.45) is 17.8 Å². The first-order valence-corrected chi connectivity index (χ1v) is 10.9. The van der Waals surface area contributed by atoms with Crippen LogP contribution in [0.4, 0.5) is 4.79 Å². The van der Waals surface area contributed by atoms with Gasteiger partial charge < -0.3 is 14.8 Å². The van der Waals surface area contributed by atoms with Crippen LogP contribution in [0.25, 0.3) is 0 Å². The Kier molecular flexibility index (Phi) is 15.3. The maximum atomic E-state index is 11.5. The molecule has 1 aromatic carbocycles. The lowest BCUT2D eigenvalue weighted by molar-refractivity contribution is -0.151. The molecule has 5 heteroatoms. The van der Waals surface area contributed by atoms with Crippen molar-refractivity contribution in [3.05, 3.63) is 48.0 Å². The Bertz CT molecular complexity index is 586. The lowest BCUT2D eigenvalue weighted by Crippen LogP contribution is -2.33. The van der Waals surface area contributed by atoms with E-state index in [2.05, 4.69) is 17.5 Å². The van der Waals surface area contributed by atoms with Crippen molar-refractivity contribution in [3.63, 3.8) is 0 Å². The number of hydrogen-bond acceptors (Lipinski definition) is 4. The van der Waals surface area contributed by atoms with E-state index >= 15 is 0 Å². The van der Waals surface area contributed by atoms with Gasteiger partial charge in [0.05, 0.1) is 12.5 Å².